The lowest BCUT2D eigenvalue weighted by Gasteiger charge is -2.06. The minimum atomic E-state index is -3.51. The third-order valence-corrected chi connectivity index (χ3v) is 4.23. The van der Waals surface area contributed by atoms with Crippen molar-refractivity contribution in [3.05, 3.63) is 30.3 Å². The number of rotatable bonds is 3. The molecule has 5 heteroatoms. The fourth-order valence-electron chi connectivity index (χ4n) is 1.94. The highest BCUT2D eigenvalue weighted by molar-refractivity contribution is 7.89. The minimum Gasteiger partial charge on any atom is -0.200 e. The van der Waals surface area contributed by atoms with Crippen LogP contribution >= 0.6 is 0 Å². The molecular formula is C12H16N2O2S. The topological polar surface area (TPSA) is 58.5 Å². The second-order valence-electron chi connectivity index (χ2n) is 4.30. The van der Waals surface area contributed by atoms with Crippen molar-refractivity contribution < 1.29 is 8.42 Å². The van der Waals surface area contributed by atoms with E-state index in [-0.39, 0.29) is 4.90 Å². The zero-order chi connectivity index (χ0) is 12.3. The maximum absolute atomic E-state index is 11.9. The van der Waals surface area contributed by atoms with Gasteiger partial charge in [-0.1, -0.05) is 25.1 Å². The maximum Gasteiger partial charge on any atom is 0.276 e. The van der Waals surface area contributed by atoms with E-state index in [2.05, 4.69) is 16.9 Å². The molecule has 2 rings (SSSR count). The Kier molecular flexibility index (Phi) is 3.47. The molecule has 1 saturated carbocycles. The zero-order valence-electron chi connectivity index (χ0n) is 9.76. The number of hydrogen-bond acceptors (Lipinski definition) is 3. The highest BCUT2D eigenvalue weighted by Gasteiger charge is 2.19. The third kappa shape index (κ3) is 2.85. The Morgan fingerprint density at radius 2 is 2.00 bits per heavy atom. The molecule has 1 fully saturated rings. The predicted octanol–water partition coefficient (Wildman–Crippen LogP) is 2.14. The van der Waals surface area contributed by atoms with Crippen molar-refractivity contribution in [3.8, 4) is 0 Å². The third-order valence-electron chi connectivity index (χ3n) is 3.00. The van der Waals surface area contributed by atoms with Gasteiger partial charge in [-0.05, 0) is 37.3 Å². The molecule has 92 valence electrons. The highest BCUT2D eigenvalue weighted by atomic mass is 32.2. The molecule has 0 radical (unpaired) electrons. The van der Waals surface area contributed by atoms with Crippen molar-refractivity contribution in [2.24, 2.45) is 11.0 Å². The second kappa shape index (κ2) is 4.87. The van der Waals surface area contributed by atoms with Crippen LogP contribution in [0, 0.1) is 5.92 Å². The first kappa shape index (κ1) is 12.1. The summed E-state index contributed by atoms with van der Waals surface area (Å²) in [6.07, 6.45) is 3.07. The van der Waals surface area contributed by atoms with E-state index < -0.39 is 10.0 Å². The van der Waals surface area contributed by atoms with Crippen molar-refractivity contribution >= 4 is 15.7 Å². The van der Waals surface area contributed by atoms with E-state index in [4.69, 9.17) is 0 Å². The molecule has 1 aliphatic rings. The van der Waals surface area contributed by atoms with Gasteiger partial charge in [0.15, 0.2) is 0 Å². The number of sulfonamides is 1. The Labute approximate surface area is 102 Å². The summed E-state index contributed by atoms with van der Waals surface area (Å²) in [6.45, 7) is 2.07. The van der Waals surface area contributed by atoms with Gasteiger partial charge >= 0.3 is 0 Å². The average molecular weight is 252 g/mol. The van der Waals surface area contributed by atoms with Crippen molar-refractivity contribution in [3.63, 3.8) is 0 Å². The van der Waals surface area contributed by atoms with Crippen LogP contribution in [0.15, 0.2) is 40.3 Å². The Hall–Kier alpha value is -1.36. The summed E-state index contributed by atoms with van der Waals surface area (Å²) in [7, 11) is -3.51. The summed E-state index contributed by atoms with van der Waals surface area (Å²) in [6, 6.07) is 8.28. The van der Waals surface area contributed by atoms with Crippen LogP contribution in [0.2, 0.25) is 0 Å². The lowest BCUT2D eigenvalue weighted by molar-refractivity contribution is 0.584. The van der Waals surface area contributed by atoms with E-state index in [9.17, 15) is 8.42 Å². The number of nitrogens with zero attached hydrogens (tertiary/aromatic N) is 1. The van der Waals surface area contributed by atoms with Crippen LogP contribution in [0.3, 0.4) is 0 Å². The second-order valence-corrected chi connectivity index (χ2v) is 5.97. The molecule has 0 amide bonds. The van der Waals surface area contributed by atoms with E-state index in [0.29, 0.717) is 5.92 Å². The lowest BCUT2D eigenvalue weighted by Crippen LogP contribution is -2.20. The Morgan fingerprint density at radius 1 is 1.29 bits per heavy atom. The summed E-state index contributed by atoms with van der Waals surface area (Å²) in [4.78, 5) is 2.55. The maximum atomic E-state index is 11.9. The normalized spacial score (nSPS) is 22.9. The van der Waals surface area contributed by atoms with Crippen LogP contribution in [0.4, 0.5) is 0 Å². The van der Waals surface area contributed by atoms with Gasteiger partial charge in [0.25, 0.3) is 10.0 Å². The molecule has 0 aromatic heterocycles. The molecule has 17 heavy (non-hydrogen) atoms. The van der Waals surface area contributed by atoms with Gasteiger partial charge in [0.1, 0.15) is 0 Å². The Balaban J connectivity index is 2.14. The Morgan fingerprint density at radius 3 is 2.59 bits per heavy atom. The first-order chi connectivity index (χ1) is 8.09. The average Bonchev–Trinajstić information content (AvgIpc) is 2.74. The molecular weight excluding hydrogens is 236 g/mol. The van der Waals surface area contributed by atoms with Gasteiger partial charge < -0.3 is 0 Å². The fraction of sp³-hybridized carbons (Fsp3) is 0.417. The van der Waals surface area contributed by atoms with Crippen molar-refractivity contribution in [2.75, 3.05) is 0 Å². The summed E-state index contributed by atoms with van der Waals surface area (Å²) < 4.78 is 23.8. The van der Waals surface area contributed by atoms with E-state index in [0.717, 1.165) is 25.0 Å². The summed E-state index contributed by atoms with van der Waals surface area (Å²) >= 11 is 0. The standard InChI is InChI=1S/C12H16N2O2S/c1-10-6-5-9-12(10)13-14-17(15,16)11-7-3-2-4-8-11/h2-4,7-8,10,14H,5-6,9H2,1H3/b13-12-. The quantitative estimate of drug-likeness (QED) is 0.838. The van der Waals surface area contributed by atoms with Gasteiger partial charge in [-0.2, -0.15) is 13.5 Å². The molecule has 0 spiro atoms. The molecule has 4 nitrogen and oxygen atoms in total. The van der Waals surface area contributed by atoms with E-state index in [1.807, 2.05) is 0 Å². The van der Waals surface area contributed by atoms with Crippen LogP contribution < -0.4 is 4.83 Å². The monoisotopic (exact) mass is 252 g/mol. The lowest BCUT2D eigenvalue weighted by atomic mass is 10.1. The van der Waals surface area contributed by atoms with E-state index in [1.165, 1.54) is 0 Å². The SMILES string of the molecule is CC1CCC/C1=N/NS(=O)(=O)c1ccccc1. The van der Waals surface area contributed by atoms with Crippen LogP contribution in [-0.2, 0) is 10.0 Å². The van der Waals surface area contributed by atoms with Gasteiger partial charge in [-0.15, -0.1) is 0 Å². The van der Waals surface area contributed by atoms with Crippen molar-refractivity contribution in [1.82, 2.24) is 4.83 Å². The molecule has 1 aromatic rings. The first-order valence-corrected chi connectivity index (χ1v) is 7.21. The number of nitrogens with one attached hydrogen (secondary N) is 1. The van der Waals surface area contributed by atoms with Crippen LogP contribution in [0.5, 0.6) is 0 Å². The molecule has 1 aliphatic carbocycles. The van der Waals surface area contributed by atoms with Gasteiger partial charge in [-0.25, -0.2) is 4.83 Å². The minimum absolute atomic E-state index is 0.245. The smallest absolute Gasteiger partial charge is 0.200 e. The summed E-state index contributed by atoms with van der Waals surface area (Å²) in [5.74, 6) is 0.383. The molecule has 1 unspecified atom stereocenters. The summed E-state index contributed by atoms with van der Waals surface area (Å²) in [5, 5.41) is 4.03. The van der Waals surface area contributed by atoms with Crippen molar-refractivity contribution in [2.45, 2.75) is 31.1 Å². The number of hydrogen-bond donors (Lipinski definition) is 1. The fourth-order valence-corrected chi connectivity index (χ4v) is 2.80. The van der Waals surface area contributed by atoms with Crippen LogP contribution in [0.1, 0.15) is 26.2 Å². The van der Waals surface area contributed by atoms with Gasteiger partial charge in [0, 0.05) is 5.71 Å². The van der Waals surface area contributed by atoms with Crippen LogP contribution in [0.25, 0.3) is 0 Å². The van der Waals surface area contributed by atoms with Gasteiger partial charge in [0.05, 0.1) is 4.90 Å². The van der Waals surface area contributed by atoms with Crippen LogP contribution in [-0.4, -0.2) is 14.1 Å². The van der Waals surface area contributed by atoms with E-state index in [1.54, 1.807) is 30.3 Å². The predicted molar refractivity (Wildman–Crippen MR) is 67.2 cm³/mol. The summed E-state index contributed by atoms with van der Waals surface area (Å²) in [5.41, 5.74) is 0.949. The van der Waals surface area contributed by atoms with E-state index >= 15 is 0 Å². The Bertz CT molecular complexity index is 509. The largest absolute Gasteiger partial charge is 0.276 e. The molecule has 0 saturated heterocycles. The van der Waals surface area contributed by atoms with Gasteiger partial charge in [0.2, 0.25) is 0 Å². The zero-order valence-corrected chi connectivity index (χ0v) is 10.6. The molecule has 0 aliphatic heterocycles. The number of benzene rings is 1. The molecule has 0 heterocycles. The first-order valence-electron chi connectivity index (χ1n) is 5.73. The highest BCUT2D eigenvalue weighted by Crippen LogP contribution is 2.21. The molecule has 1 atom stereocenters. The molecule has 1 aromatic carbocycles. The van der Waals surface area contributed by atoms with Crippen molar-refractivity contribution in [1.29, 1.82) is 0 Å². The molecule has 1 N–H and O–H groups in total. The molecule has 0 bridgehead atoms. The van der Waals surface area contributed by atoms with Gasteiger partial charge in [-0.3, -0.25) is 0 Å². The number of hydrazone groups is 1.